The molecular formula is C13H22N2O2S. The smallest absolute Gasteiger partial charge is 0.243 e. The van der Waals surface area contributed by atoms with Crippen LogP contribution in [0.5, 0.6) is 0 Å². The SMILES string of the molecule is CCC(C)N(C)S(=O)(=O)c1ccccc1CNC. The van der Waals surface area contributed by atoms with Gasteiger partial charge in [0.05, 0.1) is 4.90 Å². The van der Waals surface area contributed by atoms with Crippen molar-refractivity contribution in [1.82, 2.24) is 9.62 Å². The van der Waals surface area contributed by atoms with Crippen molar-refractivity contribution in [1.29, 1.82) is 0 Å². The molecule has 0 saturated carbocycles. The minimum atomic E-state index is -3.41. The molecule has 1 N–H and O–H groups in total. The van der Waals surface area contributed by atoms with Crippen molar-refractivity contribution >= 4 is 10.0 Å². The van der Waals surface area contributed by atoms with E-state index >= 15 is 0 Å². The topological polar surface area (TPSA) is 49.4 Å². The van der Waals surface area contributed by atoms with Gasteiger partial charge in [0.15, 0.2) is 0 Å². The lowest BCUT2D eigenvalue weighted by molar-refractivity contribution is 0.380. The van der Waals surface area contributed by atoms with Crippen LogP contribution in [0.4, 0.5) is 0 Å². The second-order valence-electron chi connectivity index (χ2n) is 4.42. The first kappa shape index (κ1) is 15.1. The molecule has 1 rings (SSSR count). The van der Waals surface area contributed by atoms with Crippen LogP contribution < -0.4 is 5.32 Å². The predicted octanol–water partition coefficient (Wildman–Crippen LogP) is 1.83. The molecule has 0 aromatic heterocycles. The minimum Gasteiger partial charge on any atom is -0.316 e. The molecule has 0 amide bonds. The summed E-state index contributed by atoms with van der Waals surface area (Å²) in [6.45, 7) is 4.44. The molecule has 0 aliphatic carbocycles. The first-order chi connectivity index (χ1) is 8.45. The third-order valence-electron chi connectivity index (χ3n) is 3.21. The normalized spacial score (nSPS) is 13.8. The van der Waals surface area contributed by atoms with Crippen molar-refractivity contribution in [2.75, 3.05) is 14.1 Å². The van der Waals surface area contributed by atoms with Crippen LogP contribution in [-0.4, -0.2) is 32.9 Å². The Balaban J connectivity index is 3.20. The zero-order valence-corrected chi connectivity index (χ0v) is 12.3. The third-order valence-corrected chi connectivity index (χ3v) is 5.28. The van der Waals surface area contributed by atoms with Crippen molar-refractivity contribution in [2.45, 2.75) is 37.8 Å². The van der Waals surface area contributed by atoms with Gasteiger partial charge in [-0.2, -0.15) is 4.31 Å². The molecular weight excluding hydrogens is 248 g/mol. The molecule has 0 spiro atoms. The van der Waals surface area contributed by atoms with Gasteiger partial charge in [-0.3, -0.25) is 0 Å². The fourth-order valence-electron chi connectivity index (χ4n) is 1.74. The zero-order valence-electron chi connectivity index (χ0n) is 11.5. The number of nitrogens with zero attached hydrogens (tertiary/aromatic N) is 1. The Morgan fingerprint density at radius 1 is 1.33 bits per heavy atom. The predicted molar refractivity (Wildman–Crippen MR) is 73.9 cm³/mol. The fraction of sp³-hybridized carbons (Fsp3) is 0.538. The quantitative estimate of drug-likeness (QED) is 0.858. The van der Waals surface area contributed by atoms with Crippen LogP contribution >= 0.6 is 0 Å². The summed E-state index contributed by atoms with van der Waals surface area (Å²) in [6, 6.07) is 7.12. The van der Waals surface area contributed by atoms with E-state index in [4.69, 9.17) is 0 Å². The van der Waals surface area contributed by atoms with Crippen molar-refractivity contribution in [3.63, 3.8) is 0 Å². The Hall–Kier alpha value is -0.910. The van der Waals surface area contributed by atoms with Crippen molar-refractivity contribution in [3.8, 4) is 0 Å². The Morgan fingerprint density at radius 2 is 1.94 bits per heavy atom. The van der Waals surface area contributed by atoms with E-state index in [0.717, 1.165) is 12.0 Å². The summed E-state index contributed by atoms with van der Waals surface area (Å²) in [5, 5.41) is 3.00. The van der Waals surface area contributed by atoms with Gasteiger partial charge >= 0.3 is 0 Å². The van der Waals surface area contributed by atoms with Crippen LogP contribution in [0.3, 0.4) is 0 Å². The van der Waals surface area contributed by atoms with Gasteiger partial charge in [0.25, 0.3) is 0 Å². The standard InChI is InChI=1S/C13H22N2O2S/c1-5-11(2)15(4)18(16,17)13-9-7-6-8-12(13)10-14-3/h6-9,11,14H,5,10H2,1-4H3. The summed E-state index contributed by atoms with van der Waals surface area (Å²) >= 11 is 0. The first-order valence-corrected chi connectivity index (χ1v) is 7.59. The minimum absolute atomic E-state index is 0.00218. The number of sulfonamides is 1. The van der Waals surface area contributed by atoms with Crippen molar-refractivity contribution in [2.24, 2.45) is 0 Å². The number of hydrogen-bond acceptors (Lipinski definition) is 3. The number of rotatable bonds is 6. The number of benzene rings is 1. The molecule has 1 unspecified atom stereocenters. The third kappa shape index (κ3) is 3.10. The summed E-state index contributed by atoms with van der Waals surface area (Å²) in [7, 11) is 0.0360. The van der Waals surface area contributed by atoms with Gasteiger partial charge in [-0.05, 0) is 32.0 Å². The van der Waals surface area contributed by atoms with Crippen LogP contribution in [0.2, 0.25) is 0 Å². The van der Waals surface area contributed by atoms with Crippen molar-refractivity contribution in [3.05, 3.63) is 29.8 Å². The van der Waals surface area contributed by atoms with E-state index in [2.05, 4.69) is 5.32 Å². The van der Waals surface area contributed by atoms with Crippen LogP contribution in [0.15, 0.2) is 29.2 Å². The van der Waals surface area contributed by atoms with Gasteiger partial charge in [-0.1, -0.05) is 25.1 Å². The summed E-state index contributed by atoms with van der Waals surface area (Å²) in [6.07, 6.45) is 0.796. The molecule has 1 aromatic rings. The van der Waals surface area contributed by atoms with E-state index in [-0.39, 0.29) is 6.04 Å². The van der Waals surface area contributed by atoms with Gasteiger partial charge in [0, 0.05) is 19.6 Å². The van der Waals surface area contributed by atoms with Crippen LogP contribution in [0.1, 0.15) is 25.8 Å². The van der Waals surface area contributed by atoms with Crippen LogP contribution in [-0.2, 0) is 16.6 Å². The molecule has 5 heteroatoms. The van der Waals surface area contributed by atoms with Gasteiger partial charge in [-0.15, -0.1) is 0 Å². The maximum Gasteiger partial charge on any atom is 0.243 e. The molecule has 0 bridgehead atoms. The summed E-state index contributed by atoms with van der Waals surface area (Å²) in [4.78, 5) is 0.391. The fourth-order valence-corrected chi connectivity index (χ4v) is 3.40. The molecule has 0 fully saturated rings. The van der Waals surface area contributed by atoms with Gasteiger partial charge in [0.1, 0.15) is 0 Å². The Bertz CT molecular complexity index is 486. The monoisotopic (exact) mass is 270 g/mol. The highest BCUT2D eigenvalue weighted by Gasteiger charge is 2.26. The maximum atomic E-state index is 12.5. The van der Waals surface area contributed by atoms with Crippen molar-refractivity contribution < 1.29 is 8.42 Å². The van der Waals surface area contributed by atoms with E-state index in [9.17, 15) is 8.42 Å². The highest BCUT2D eigenvalue weighted by Crippen LogP contribution is 2.21. The van der Waals surface area contributed by atoms with E-state index in [1.54, 1.807) is 19.2 Å². The summed E-state index contributed by atoms with van der Waals surface area (Å²) in [5.41, 5.74) is 0.801. The molecule has 18 heavy (non-hydrogen) atoms. The highest BCUT2D eigenvalue weighted by molar-refractivity contribution is 7.89. The Kier molecular flexibility index (Phi) is 5.31. The highest BCUT2D eigenvalue weighted by atomic mass is 32.2. The second-order valence-corrected chi connectivity index (χ2v) is 6.38. The second kappa shape index (κ2) is 6.31. The molecule has 1 aromatic carbocycles. The average Bonchev–Trinajstić information content (AvgIpc) is 2.37. The Morgan fingerprint density at radius 3 is 2.50 bits per heavy atom. The molecule has 1 atom stereocenters. The van der Waals surface area contributed by atoms with E-state index in [1.165, 1.54) is 4.31 Å². The first-order valence-electron chi connectivity index (χ1n) is 6.15. The lowest BCUT2D eigenvalue weighted by Crippen LogP contribution is -2.35. The lowest BCUT2D eigenvalue weighted by atomic mass is 10.2. The average molecular weight is 270 g/mol. The number of nitrogens with one attached hydrogen (secondary N) is 1. The maximum absolute atomic E-state index is 12.5. The van der Waals surface area contributed by atoms with E-state index in [0.29, 0.717) is 11.4 Å². The van der Waals surface area contributed by atoms with Gasteiger partial charge < -0.3 is 5.32 Å². The molecule has 0 radical (unpaired) electrons. The summed E-state index contributed by atoms with van der Waals surface area (Å²) < 4.78 is 26.5. The molecule has 0 aliphatic heterocycles. The summed E-state index contributed by atoms with van der Waals surface area (Å²) in [5.74, 6) is 0. The van der Waals surface area contributed by atoms with Gasteiger partial charge in [-0.25, -0.2) is 8.42 Å². The Labute approximate surface area is 110 Å². The zero-order chi connectivity index (χ0) is 13.8. The van der Waals surface area contributed by atoms with E-state index in [1.807, 2.05) is 33.0 Å². The molecule has 102 valence electrons. The number of hydrogen-bond donors (Lipinski definition) is 1. The lowest BCUT2D eigenvalue weighted by Gasteiger charge is -2.24. The molecule has 4 nitrogen and oxygen atoms in total. The van der Waals surface area contributed by atoms with Crippen LogP contribution in [0, 0.1) is 0 Å². The van der Waals surface area contributed by atoms with Crippen LogP contribution in [0.25, 0.3) is 0 Å². The molecule has 0 heterocycles. The molecule has 0 aliphatic rings. The van der Waals surface area contributed by atoms with E-state index < -0.39 is 10.0 Å². The van der Waals surface area contributed by atoms with Gasteiger partial charge in [0.2, 0.25) is 10.0 Å². The molecule has 0 saturated heterocycles. The largest absolute Gasteiger partial charge is 0.316 e.